The van der Waals surface area contributed by atoms with E-state index in [9.17, 15) is 19.5 Å². The van der Waals surface area contributed by atoms with E-state index < -0.39 is 18.0 Å². The van der Waals surface area contributed by atoms with E-state index in [1.807, 2.05) is 0 Å². The fourth-order valence-corrected chi connectivity index (χ4v) is 3.37. The number of hydrogen-bond acceptors (Lipinski definition) is 4. The van der Waals surface area contributed by atoms with Crippen LogP contribution in [0.1, 0.15) is 51.0 Å². The average Bonchev–Trinajstić information content (AvgIpc) is 3.13. The highest BCUT2D eigenvalue weighted by Crippen LogP contribution is 2.20. The second-order valence-corrected chi connectivity index (χ2v) is 7.04. The third-order valence-corrected chi connectivity index (χ3v) is 4.91. The quantitative estimate of drug-likeness (QED) is 0.567. The molecular formula is C20H29N3O4. The number of primary amides is 1. The molecule has 1 aromatic carbocycles. The van der Waals surface area contributed by atoms with Gasteiger partial charge in [0.1, 0.15) is 17.8 Å². The van der Waals surface area contributed by atoms with Crippen molar-refractivity contribution in [2.24, 2.45) is 5.73 Å². The second kappa shape index (κ2) is 9.94. The van der Waals surface area contributed by atoms with Gasteiger partial charge in [-0.1, -0.05) is 31.9 Å². The molecule has 7 nitrogen and oxygen atoms in total. The number of carbonyl (C=O) groups excluding carboxylic acids is 3. The number of phenolic OH excluding ortho intramolecular Hbond substituents is 1. The maximum atomic E-state index is 12.7. The number of nitrogens with zero attached hydrogens (tertiary/aromatic N) is 1. The van der Waals surface area contributed by atoms with Crippen molar-refractivity contribution in [2.45, 2.75) is 64.0 Å². The number of amides is 3. The van der Waals surface area contributed by atoms with Crippen molar-refractivity contribution in [2.75, 3.05) is 6.54 Å². The molecule has 0 spiro atoms. The van der Waals surface area contributed by atoms with Crippen molar-refractivity contribution >= 4 is 17.7 Å². The van der Waals surface area contributed by atoms with Gasteiger partial charge in [0.2, 0.25) is 17.7 Å². The number of nitrogens with two attached hydrogens (primary N) is 1. The van der Waals surface area contributed by atoms with Crippen molar-refractivity contribution < 1.29 is 19.5 Å². The molecule has 4 N–H and O–H groups in total. The first-order valence-electron chi connectivity index (χ1n) is 9.59. The van der Waals surface area contributed by atoms with E-state index >= 15 is 0 Å². The van der Waals surface area contributed by atoms with Gasteiger partial charge in [0.25, 0.3) is 0 Å². The van der Waals surface area contributed by atoms with Gasteiger partial charge in [0.15, 0.2) is 0 Å². The molecule has 1 heterocycles. The summed E-state index contributed by atoms with van der Waals surface area (Å²) >= 11 is 0. The molecule has 3 amide bonds. The molecule has 1 aromatic rings. The predicted molar refractivity (Wildman–Crippen MR) is 102 cm³/mol. The van der Waals surface area contributed by atoms with Crippen LogP contribution >= 0.6 is 0 Å². The smallest absolute Gasteiger partial charge is 0.243 e. The Bertz CT molecular complexity index is 660. The van der Waals surface area contributed by atoms with Gasteiger partial charge in [-0.25, -0.2) is 0 Å². The molecule has 1 saturated heterocycles. The van der Waals surface area contributed by atoms with Gasteiger partial charge in [-0.15, -0.1) is 0 Å². The zero-order valence-electron chi connectivity index (χ0n) is 15.8. The maximum absolute atomic E-state index is 12.7. The van der Waals surface area contributed by atoms with Crippen molar-refractivity contribution in [1.29, 1.82) is 0 Å². The maximum Gasteiger partial charge on any atom is 0.243 e. The van der Waals surface area contributed by atoms with Crippen molar-refractivity contribution in [1.82, 2.24) is 10.2 Å². The van der Waals surface area contributed by atoms with E-state index in [-0.39, 0.29) is 24.0 Å². The van der Waals surface area contributed by atoms with Crippen LogP contribution in [0, 0.1) is 0 Å². The molecule has 0 unspecified atom stereocenters. The van der Waals surface area contributed by atoms with Crippen LogP contribution in [-0.4, -0.2) is 46.4 Å². The molecule has 2 atom stereocenters. The van der Waals surface area contributed by atoms with Crippen LogP contribution in [0.25, 0.3) is 0 Å². The Morgan fingerprint density at radius 2 is 1.96 bits per heavy atom. The molecule has 27 heavy (non-hydrogen) atoms. The number of benzene rings is 1. The summed E-state index contributed by atoms with van der Waals surface area (Å²) in [5.74, 6) is -0.842. The summed E-state index contributed by atoms with van der Waals surface area (Å²) in [4.78, 5) is 38.5. The molecule has 2 rings (SSSR count). The Kier molecular flexibility index (Phi) is 7.64. The Morgan fingerprint density at radius 3 is 2.59 bits per heavy atom. The lowest BCUT2D eigenvalue weighted by Gasteiger charge is -2.26. The molecule has 1 aliphatic heterocycles. The fraction of sp³-hybridized carbons (Fsp3) is 0.550. The van der Waals surface area contributed by atoms with Crippen LogP contribution in [0.4, 0.5) is 0 Å². The summed E-state index contributed by atoms with van der Waals surface area (Å²) in [5, 5.41) is 12.1. The Morgan fingerprint density at radius 1 is 1.26 bits per heavy atom. The minimum absolute atomic E-state index is 0.00439. The molecule has 1 fully saturated rings. The highest BCUT2D eigenvalue weighted by Gasteiger charge is 2.35. The van der Waals surface area contributed by atoms with Crippen molar-refractivity contribution in [3.8, 4) is 5.75 Å². The van der Waals surface area contributed by atoms with E-state index in [1.54, 1.807) is 17.0 Å². The van der Waals surface area contributed by atoms with Gasteiger partial charge >= 0.3 is 0 Å². The zero-order valence-corrected chi connectivity index (χ0v) is 15.8. The average molecular weight is 375 g/mol. The summed E-state index contributed by atoms with van der Waals surface area (Å²) in [7, 11) is 0. The second-order valence-electron chi connectivity index (χ2n) is 7.04. The molecule has 0 radical (unpaired) electrons. The van der Waals surface area contributed by atoms with Crippen LogP contribution < -0.4 is 11.1 Å². The van der Waals surface area contributed by atoms with E-state index in [1.165, 1.54) is 12.1 Å². The number of nitrogens with one attached hydrogen (secondary N) is 1. The highest BCUT2D eigenvalue weighted by atomic mass is 16.3. The predicted octanol–water partition coefficient (Wildman–Crippen LogP) is 1.48. The van der Waals surface area contributed by atoms with E-state index in [0.717, 1.165) is 31.2 Å². The lowest BCUT2D eigenvalue weighted by Crippen LogP contribution is -2.53. The largest absolute Gasteiger partial charge is 0.508 e. The van der Waals surface area contributed by atoms with E-state index in [4.69, 9.17) is 5.73 Å². The third-order valence-electron chi connectivity index (χ3n) is 4.91. The number of aromatic hydroxyl groups is 1. The lowest BCUT2D eigenvalue weighted by atomic mass is 10.0. The number of rotatable bonds is 9. The molecule has 0 aliphatic carbocycles. The van der Waals surface area contributed by atoms with Gasteiger partial charge < -0.3 is 21.1 Å². The van der Waals surface area contributed by atoms with Gasteiger partial charge in [0.05, 0.1) is 0 Å². The summed E-state index contributed by atoms with van der Waals surface area (Å²) < 4.78 is 0. The molecule has 148 valence electrons. The van der Waals surface area contributed by atoms with Gasteiger partial charge in [0, 0.05) is 19.4 Å². The Labute approximate surface area is 159 Å². The van der Waals surface area contributed by atoms with Crippen LogP contribution in [-0.2, 0) is 20.8 Å². The number of phenols is 1. The van der Waals surface area contributed by atoms with Gasteiger partial charge in [-0.05, 0) is 37.0 Å². The topological polar surface area (TPSA) is 113 Å². The highest BCUT2D eigenvalue weighted by molar-refractivity contribution is 5.92. The molecule has 0 saturated carbocycles. The molecule has 0 bridgehead atoms. The van der Waals surface area contributed by atoms with Crippen LogP contribution in [0.3, 0.4) is 0 Å². The lowest BCUT2D eigenvalue weighted by molar-refractivity contribution is -0.139. The summed E-state index contributed by atoms with van der Waals surface area (Å²) in [6.07, 6.45) is 4.91. The van der Waals surface area contributed by atoms with Crippen LogP contribution in [0.2, 0.25) is 0 Å². The minimum atomic E-state index is -0.861. The summed E-state index contributed by atoms with van der Waals surface area (Å²) in [6.45, 7) is 2.65. The first-order valence-corrected chi connectivity index (χ1v) is 9.59. The monoisotopic (exact) mass is 375 g/mol. The Hall–Kier alpha value is -2.57. The first-order chi connectivity index (χ1) is 12.9. The zero-order chi connectivity index (χ0) is 19.8. The van der Waals surface area contributed by atoms with E-state index in [0.29, 0.717) is 19.4 Å². The molecule has 0 aromatic heterocycles. The number of likely N-dealkylation sites (tertiary alicyclic amines) is 1. The number of unbranched alkanes of at least 4 members (excludes halogenated alkanes) is 2. The van der Waals surface area contributed by atoms with Crippen molar-refractivity contribution in [3.63, 3.8) is 0 Å². The van der Waals surface area contributed by atoms with Gasteiger partial charge in [-0.3, -0.25) is 14.4 Å². The van der Waals surface area contributed by atoms with E-state index in [2.05, 4.69) is 12.2 Å². The molecule has 1 aliphatic rings. The molecule has 7 heteroatoms. The van der Waals surface area contributed by atoms with Crippen LogP contribution in [0.5, 0.6) is 5.75 Å². The van der Waals surface area contributed by atoms with Crippen LogP contribution in [0.15, 0.2) is 24.3 Å². The minimum Gasteiger partial charge on any atom is -0.508 e. The van der Waals surface area contributed by atoms with Gasteiger partial charge in [-0.2, -0.15) is 0 Å². The first kappa shape index (κ1) is 20.7. The summed E-state index contributed by atoms with van der Waals surface area (Å²) in [5.41, 5.74) is 6.23. The number of hydrogen-bond donors (Lipinski definition) is 3. The summed E-state index contributed by atoms with van der Waals surface area (Å²) in [6, 6.07) is 4.99. The number of carbonyl (C=O) groups is 3. The normalized spacial score (nSPS) is 17.5. The fourth-order valence-electron chi connectivity index (χ4n) is 3.37. The SMILES string of the molecule is CCCCCC(=O)N1CCC[C@@H]1C(=O)N[C@@H](Cc1ccc(O)cc1)C(N)=O. The standard InChI is InChI=1S/C20H29N3O4/c1-2-3-4-7-18(25)23-12-5-6-17(23)20(27)22-16(19(21)26)13-14-8-10-15(24)11-9-14/h8-11,16-17,24H,2-7,12-13H2,1H3,(H2,21,26)(H,22,27)/t16-,17+/m0/s1. The van der Waals surface area contributed by atoms with Crippen molar-refractivity contribution in [3.05, 3.63) is 29.8 Å². The molecular weight excluding hydrogens is 346 g/mol. The third kappa shape index (κ3) is 5.98. The Balaban J connectivity index is 1.98.